The lowest BCUT2D eigenvalue weighted by Crippen LogP contribution is -2.39. The molecule has 1 atom stereocenters. The zero-order valence-corrected chi connectivity index (χ0v) is 14.8. The van der Waals surface area contributed by atoms with E-state index < -0.39 is 11.8 Å². The van der Waals surface area contributed by atoms with Crippen molar-refractivity contribution in [3.8, 4) is 0 Å². The van der Waals surface area contributed by atoms with Crippen LogP contribution in [0.4, 0.5) is 5.69 Å². The predicted molar refractivity (Wildman–Crippen MR) is 96.3 cm³/mol. The minimum atomic E-state index is -0.466. The highest BCUT2D eigenvalue weighted by Crippen LogP contribution is 2.20. The molecule has 0 saturated carbocycles. The molecule has 1 unspecified atom stereocenters. The Labute approximate surface area is 152 Å². The molecule has 0 bridgehead atoms. The average molecular weight is 357 g/mol. The van der Waals surface area contributed by atoms with Gasteiger partial charge in [-0.15, -0.1) is 0 Å². The molecule has 1 fully saturated rings. The van der Waals surface area contributed by atoms with Crippen molar-refractivity contribution in [2.75, 3.05) is 31.6 Å². The van der Waals surface area contributed by atoms with E-state index in [1.165, 1.54) is 6.08 Å². The summed E-state index contributed by atoms with van der Waals surface area (Å²) in [6, 6.07) is 6.87. The Morgan fingerprint density at radius 3 is 2.65 bits per heavy atom. The second-order valence-electron chi connectivity index (χ2n) is 6.78. The number of amides is 3. The third kappa shape index (κ3) is 3.77. The number of hydrogen-bond acceptors (Lipinski definition) is 5. The summed E-state index contributed by atoms with van der Waals surface area (Å²) in [5, 5.41) is 11.8. The molecule has 7 heteroatoms. The van der Waals surface area contributed by atoms with Crippen molar-refractivity contribution < 1.29 is 19.5 Å². The Bertz CT molecular complexity index is 742. The number of β-amino-alcohol motifs (C(OH)–C–C–N with tert-alkyl or cyclic N) is 1. The van der Waals surface area contributed by atoms with Crippen LogP contribution in [0.2, 0.25) is 0 Å². The number of rotatable bonds is 5. The second kappa shape index (κ2) is 7.70. The van der Waals surface area contributed by atoms with Gasteiger partial charge in [0.25, 0.3) is 17.7 Å². The molecule has 3 rings (SSSR count). The number of benzene rings is 1. The van der Waals surface area contributed by atoms with Crippen LogP contribution in [0.25, 0.3) is 0 Å². The first-order chi connectivity index (χ1) is 12.5. The summed E-state index contributed by atoms with van der Waals surface area (Å²) in [6.07, 6.45) is 3.40. The van der Waals surface area contributed by atoms with Gasteiger partial charge >= 0.3 is 0 Å². The van der Waals surface area contributed by atoms with Gasteiger partial charge in [0, 0.05) is 30.4 Å². The second-order valence-corrected chi connectivity index (χ2v) is 6.78. The molecule has 7 nitrogen and oxygen atoms in total. The van der Waals surface area contributed by atoms with E-state index >= 15 is 0 Å². The fraction of sp³-hybridized carbons (Fsp3) is 0.421. The molecule has 2 aliphatic rings. The largest absolute Gasteiger partial charge is 0.395 e. The van der Waals surface area contributed by atoms with Crippen LogP contribution in [0.5, 0.6) is 0 Å². The number of nitrogens with zero attached hydrogens (tertiary/aromatic N) is 2. The lowest BCUT2D eigenvalue weighted by atomic mass is 9.99. The van der Waals surface area contributed by atoms with Crippen molar-refractivity contribution in [2.45, 2.75) is 19.8 Å². The van der Waals surface area contributed by atoms with Crippen molar-refractivity contribution in [1.82, 2.24) is 9.80 Å². The molecule has 26 heavy (non-hydrogen) atoms. The van der Waals surface area contributed by atoms with E-state index in [9.17, 15) is 14.4 Å². The topological polar surface area (TPSA) is 90.0 Å². The van der Waals surface area contributed by atoms with Crippen LogP contribution in [-0.4, -0.2) is 58.9 Å². The van der Waals surface area contributed by atoms with E-state index in [4.69, 9.17) is 5.11 Å². The van der Waals surface area contributed by atoms with Gasteiger partial charge in [-0.3, -0.25) is 19.3 Å². The fourth-order valence-corrected chi connectivity index (χ4v) is 3.32. The molecule has 0 aromatic heterocycles. The summed E-state index contributed by atoms with van der Waals surface area (Å²) < 4.78 is 0. The third-order valence-electron chi connectivity index (χ3n) is 4.69. The number of imide groups is 1. The number of likely N-dealkylation sites (tertiary alicyclic amines) is 1. The third-order valence-corrected chi connectivity index (χ3v) is 4.69. The zero-order chi connectivity index (χ0) is 18.7. The van der Waals surface area contributed by atoms with Gasteiger partial charge in [-0.1, -0.05) is 6.92 Å². The maximum atomic E-state index is 12.6. The van der Waals surface area contributed by atoms with Crippen LogP contribution < -0.4 is 5.32 Å². The molecule has 138 valence electrons. The number of piperidine rings is 1. The quantitative estimate of drug-likeness (QED) is 0.774. The number of hydrogen-bond donors (Lipinski definition) is 2. The highest BCUT2D eigenvalue weighted by Gasteiger charge is 2.30. The van der Waals surface area contributed by atoms with Crippen molar-refractivity contribution in [3.63, 3.8) is 0 Å². The number of aliphatic hydroxyl groups is 1. The Morgan fingerprint density at radius 1 is 1.27 bits per heavy atom. The Balaban J connectivity index is 1.65. The number of carbonyl (C=O) groups is 3. The lowest BCUT2D eigenvalue weighted by molar-refractivity contribution is -0.137. The molecule has 2 heterocycles. The summed E-state index contributed by atoms with van der Waals surface area (Å²) in [5.74, 6) is -0.374. The standard InChI is InChI=1S/C19H23N3O4/c1-13-3-2-8-21(12-13)18(25)14-4-6-15(7-5-14)20-16-11-17(24)22(9-10-23)19(16)26/h4-7,11,13,20,23H,2-3,8-10,12H2,1H3. The predicted octanol–water partition coefficient (Wildman–Crippen LogP) is 1.22. The Kier molecular flexibility index (Phi) is 5.37. The highest BCUT2D eigenvalue weighted by molar-refractivity contribution is 6.17. The maximum Gasteiger partial charge on any atom is 0.277 e. The van der Waals surface area contributed by atoms with Gasteiger partial charge in [0.05, 0.1) is 13.2 Å². The normalized spacial score (nSPS) is 20.4. The Morgan fingerprint density at radius 2 is 2.00 bits per heavy atom. The van der Waals surface area contributed by atoms with Gasteiger partial charge in [-0.2, -0.15) is 0 Å². The van der Waals surface area contributed by atoms with Gasteiger partial charge < -0.3 is 15.3 Å². The van der Waals surface area contributed by atoms with E-state index in [1.807, 2.05) is 4.90 Å². The van der Waals surface area contributed by atoms with Crippen LogP contribution in [0.1, 0.15) is 30.1 Å². The van der Waals surface area contributed by atoms with Crippen LogP contribution in [0.3, 0.4) is 0 Å². The summed E-state index contributed by atoms with van der Waals surface area (Å²) in [7, 11) is 0. The van der Waals surface area contributed by atoms with E-state index in [1.54, 1.807) is 24.3 Å². The van der Waals surface area contributed by atoms with Crippen molar-refractivity contribution in [1.29, 1.82) is 0 Å². The highest BCUT2D eigenvalue weighted by atomic mass is 16.3. The van der Waals surface area contributed by atoms with Gasteiger partial charge in [-0.25, -0.2) is 0 Å². The number of nitrogens with one attached hydrogen (secondary N) is 1. The van der Waals surface area contributed by atoms with Crippen LogP contribution in [0, 0.1) is 5.92 Å². The maximum absolute atomic E-state index is 12.6. The molecule has 2 aliphatic heterocycles. The summed E-state index contributed by atoms with van der Waals surface area (Å²) >= 11 is 0. The van der Waals surface area contributed by atoms with Crippen molar-refractivity contribution >= 4 is 23.4 Å². The van der Waals surface area contributed by atoms with E-state index in [2.05, 4.69) is 12.2 Å². The van der Waals surface area contributed by atoms with Gasteiger partial charge in [0.1, 0.15) is 5.70 Å². The average Bonchev–Trinajstić information content (AvgIpc) is 2.89. The summed E-state index contributed by atoms with van der Waals surface area (Å²) in [4.78, 5) is 39.3. The number of aliphatic hydroxyl groups excluding tert-OH is 1. The van der Waals surface area contributed by atoms with E-state index in [-0.39, 0.29) is 24.8 Å². The summed E-state index contributed by atoms with van der Waals surface area (Å²) in [6.45, 7) is 3.42. The molecule has 0 aliphatic carbocycles. The van der Waals surface area contributed by atoms with E-state index in [0.29, 0.717) is 17.2 Å². The fourth-order valence-electron chi connectivity index (χ4n) is 3.32. The van der Waals surface area contributed by atoms with Crippen LogP contribution in [0.15, 0.2) is 36.0 Å². The van der Waals surface area contributed by atoms with E-state index in [0.717, 1.165) is 30.8 Å². The van der Waals surface area contributed by atoms with Gasteiger partial charge in [-0.05, 0) is 43.0 Å². The smallest absolute Gasteiger partial charge is 0.277 e. The first kappa shape index (κ1) is 18.1. The molecular weight excluding hydrogens is 334 g/mol. The van der Waals surface area contributed by atoms with Crippen molar-refractivity contribution in [3.05, 3.63) is 41.6 Å². The minimum absolute atomic E-state index is 0.0172. The Hall–Kier alpha value is -2.67. The molecule has 0 spiro atoms. The summed E-state index contributed by atoms with van der Waals surface area (Å²) in [5.41, 5.74) is 1.38. The number of anilines is 1. The molecule has 1 aromatic carbocycles. The zero-order valence-electron chi connectivity index (χ0n) is 14.8. The molecular formula is C19H23N3O4. The van der Waals surface area contributed by atoms with Crippen molar-refractivity contribution in [2.24, 2.45) is 5.92 Å². The number of carbonyl (C=O) groups excluding carboxylic acids is 3. The molecule has 1 aromatic rings. The SMILES string of the molecule is CC1CCCN(C(=O)c2ccc(NC3=CC(=O)N(CCO)C3=O)cc2)C1. The molecule has 1 saturated heterocycles. The van der Waals surface area contributed by atoms with Gasteiger partial charge in [0.2, 0.25) is 0 Å². The minimum Gasteiger partial charge on any atom is -0.395 e. The molecule has 0 radical (unpaired) electrons. The van der Waals surface area contributed by atoms with Crippen LogP contribution >= 0.6 is 0 Å². The molecule has 2 N–H and O–H groups in total. The van der Waals surface area contributed by atoms with Crippen LogP contribution in [-0.2, 0) is 9.59 Å². The monoisotopic (exact) mass is 357 g/mol. The van der Waals surface area contributed by atoms with Gasteiger partial charge in [0.15, 0.2) is 0 Å². The first-order valence-electron chi connectivity index (χ1n) is 8.84. The first-order valence-corrected chi connectivity index (χ1v) is 8.84. The molecule has 3 amide bonds. The lowest BCUT2D eigenvalue weighted by Gasteiger charge is -2.31.